The van der Waals surface area contributed by atoms with Crippen LogP contribution in [0, 0.1) is 24.2 Å². The Morgan fingerprint density at radius 1 is 1.22 bits per heavy atom. The van der Waals surface area contributed by atoms with Gasteiger partial charge in [0.2, 0.25) is 0 Å². The average molecular weight is 327 g/mol. The number of thiophene rings is 1. The number of benzene rings is 1. The second kappa shape index (κ2) is 7.70. The number of hydrogen-bond donors (Lipinski definition) is 0. The van der Waals surface area contributed by atoms with Crippen LogP contribution in [0.25, 0.3) is 0 Å². The molecule has 0 fully saturated rings. The highest BCUT2D eigenvalue weighted by molar-refractivity contribution is 7.14. The van der Waals surface area contributed by atoms with Crippen LogP contribution in [-0.4, -0.2) is 18.7 Å². The Morgan fingerprint density at radius 2 is 1.91 bits per heavy atom. The highest BCUT2D eigenvalue weighted by atomic mass is 32.1. The van der Waals surface area contributed by atoms with Crippen molar-refractivity contribution >= 4 is 22.9 Å². The molecular formula is C18H17NO3S. The first kappa shape index (κ1) is 16.9. The van der Waals surface area contributed by atoms with Crippen LogP contribution in [0.5, 0.6) is 5.75 Å². The number of carbonyl (C=O) groups is 2. The molecule has 4 nitrogen and oxygen atoms in total. The van der Waals surface area contributed by atoms with Crippen LogP contribution < -0.4 is 4.74 Å². The van der Waals surface area contributed by atoms with Gasteiger partial charge in [0.15, 0.2) is 17.5 Å². The van der Waals surface area contributed by atoms with E-state index in [1.54, 1.807) is 13.2 Å². The second-order valence-corrected chi connectivity index (χ2v) is 6.44. The maximum atomic E-state index is 12.3. The number of carbonyl (C=O) groups excluding carboxylic acids is 2. The summed E-state index contributed by atoms with van der Waals surface area (Å²) in [5.41, 5.74) is 0.968. The molecule has 0 saturated carbocycles. The average Bonchev–Trinajstić information content (AvgIpc) is 3.00. The molecule has 1 aromatic carbocycles. The fraction of sp³-hybridized carbons (Fsp3) is 0.278. The molecule has 0 bridgehead atoms. The fourth-order valence-electron chi connectivity index (χ4n) is 2.19. The molecule has 0 N–H and O–H groups in total. The largest absolute Gasteiger partial charge is 0.497 e. The van der Waals surface area contributed by atoms with Crippen molar-refractivity contribution in [1.82, 2.24) is 0 Å². The monoisotopic (exact) mass is 327 g/mol. The van der Waals surface area contributed by atoms with Gasteiger partial charge in [0.1, 0.15) is 5.75 Å². The van der Waals surface area contributed by atoms with Gasteiger partial charge < -0.3 is 4.74 Å². The van der Waals surface area contributed by atoms with Gasteiger partial charge in [0, 0.05) is 11.3 Å². The van der Waals surface area contributed by atoms with Crippen LogP contribution in [-0.2, 0) is 11.2 Å². The molecule has 0 unspecified atom stereocenters. The zero-order valence-electron chi connectivity index (χ0n) is 13.0. The highest BCUT2D eigenvalue weighted by Crippen LogP contribution is 2.21. The molecule has 118 valence electrons. The third-order valence-corrected chi connectivity index (χ3v) is 4.53. The predicted octanol–water partition coefficient (Wildman–Crippen LogP) is 3.59. The molecule has 0 spiro atoms. The van der Waals surface area contributed by atoms with E-state index in [9.17, 15) is 14.9 Å². The zero-order valence-corrected chi connectivity index (χ0v) is 13.9. The summed E-state index contributed by atoms with van der Waals surface area (Å²) in [6.07, 6.45) is 0.665. The Morgan fingerprint density at radius 3 is 2.43 bits per heavy atom. The standard InChI is InChI=1S/C18H17NO3S/c1-12-3-10-17(23-12)18(21)15(11-19)16(20)9-6-13-4-7-14(22-2)8-5-13/h3-5,7-8,10,15H,6,9H2,1-2H3/t15-/m1/s1. The Bertz CT molecular complexity index is 740. The number of aryl methyl sites for hydroxylation is 2. The van der Waals surface area contributed by atoms with Gasteiger partial charge >= 0.3 is 0 Å². The fourth-order valence-corrected chi connectivity index (χ4v) is 3.03. The van der Waals surface area contributed by atoms with Gasteiger partial charge in [-0.15, -0.1) is 11.3 Å². The molecule has 1 aromatic heterocycles. The minimum atomic E-state index is -1.22. The first-order valence-electron chi connectivity index (χ1n) is 7.21. The third kappa shape index (κ3) is 4.27. The van der Waals surface area contributed by atoms with Gasteiger partial charge in [0.25, 0.3) is 0 Å². The lowest BCUT2D eigenvalue weighted by Gasteiger charge is -2.07. The van der Waals surface area contributed by atoms with E-state index in [2.05, 4.69) is 0 Å². The number of nitrogens with zero attached hydrogens (tertiary/aromatic N) is 1. The van der Waals surface area contributed by atoms with E-state index in [0.29, 0.717) is 11.3 Å². The summed E-state index contributed by atoms with van der Waals surface area (Å²) in [5.74, 6) is -1.20. The van der Waals surface area contributed by atoms with Crippen molar-refractivity contribution in [2.75, 3.05) is 7.11 Å². The molecule has 0 aliphatic rings. The first-order chi connectivity index (χ1) is 11.0. The molecular weight excluding hydrogens is 310 g/mol. The van der Waals surface area contributed by atoms with E-state index in [4.69, 9.17) is 4.74 Å². The topological polar surface area (TPSA) is 67.2 Å². The Kier molecular flexibility index (Phi) is 5.67. The van der Waals surface area contributed by atoms with Crippen molar-refractivity contribution in [3.8, 4) is 11.8 Å². The van der Waals surface area contributed by atoms with Crippen molar-refractivity contribution in [1.29, 1.82) is 5.26 Å². The first-order valence-corrected chi connectivity index (χ1v) is 8.02. The Balaban J connectivity index is 1.99. The molecule has 0 amide bonds. The van der Waals surface area contributed by atoms with Crippen molar-refractivity contribution in [3.63, 3.8) is 0 Å². The molecule has 5 heteroatoms. The predicted molar refractivity (Wildman–Crippen MR) is 88.8 cm³/mol. The zero-order chi connectivity index (χ0) is 16.8. The lowest BCUT2D eigenvalue weighted by Crippen LogP contribution is -2.22. The summed E-state index contributed by atoms with van der Waals surface area (Å²) in [7, 11) is 1.59. The molecule has 1 atom stereocenters. The Hall–Kier alpha value is -2.45. The minimum Gasteiger partial charge on any atom is -0.497 e. The molecule has 2 rings (SSSR count). The van der Waals surface area contributed by atoms with E-state index in [1.807, 2.05) is 43.3 Å². The van der Waals surface area contributed by atoms with E-state index in [-0.39, 0.29) is 12.2 Å². The maximum Gasteiger partial charge on any atom is 0.197 e. The Labute approximate surface area is 139 Å². The summed E-state index contributed by atoms with van der Waals surface area (Å²) in [5, 5.41) is 9.20. The van der Waals surface area contributed by atoms with Gasteiger partial charge in [0.05, 0.1) is 18.1 Å². The van der Waals surface area contributed by atoms with E-state index < -0.39 is 11.7 Å². The molecule has 23 heavy (non-hydrogen) atoms. The van der Waals surface area contributed by atoms with Crippen molar-refractivity contribution in [2.45, 2.75) is 19.8 Å². The van der Waals surface area contributed by atoms with Crippen molar-refractivity contribution in [2.24, 2.45) is 5.92 Å². The van der Waals surface area contributed by atoms with E-state index in [1.165, 1.54) is 11.3 Å². The van der Waals surface area contributed by atoms with E-state index in [0.717, 1.165) is 16.2 Å². The van der Waals surface area contributed by atoms with Crippen LogP contribution in [0.4, 0.5) is 0 Å². The second-order valence-electron chi connectivity index (χ2n) is 5.15. The molecule has 1 heterocycles. The van der Waals surface area contributed by atoms with Gasteiger partial charge in [-0.3, -0.25) is 9.59 Å². The normalized spacial score (nSPS) is 11.5. The molecule has 0 saturated heterocycles. The number of nitriles is 1. The van der Waals surface area contributed by atoms with Gasteiger partial charge in [-0.1, -0.05) is 12.1 Å². The van der Waals surface area contributed by atoms with Gasteiger partial charge in [-0.05, 0) is 43.2 Å². The van der Waals surface area contributed by atoms with Crippen molar-refractivity contribution in [3.05, 3.63) is 51.7 Å². The number of hydrogen-bond acceptors (Lipinski definition) is 5. The van der Waals surface area contributed by atoms with Crippen LogP contribution in [0.1, 0.15) is 26.5 Å². The van der Waals surface area contributed by atoms with Crippen LogP contribution >= 0.6 is 11.3 Å². The molecule has 2 aromatic rings. The third-order valence-electron chi connectivity index (χ3n) is 3.52. The van der Waals surface area contributed by atoms with E-state index >= 15 is 0 Å². The van der Waals surface area contributed by atoms with Crippen LogP contribution in [0.15, 0.2) is 36.4 Å². The minimum absolute atomic E-state index is 0.167. The number of methoxy groups -OCH3 is 1. The van der Waals surface area contributed by atoms with Crippen molar-refractivity contribution < 1.29 is 14.3 Å². The number of rotatable bonds is 7. The number of Topliss-reactive ketones (excluding diaryl/α,β-unsaturated/α-hetero) is 2. The molecule has 0 radical (unpaired) electrons. The number of ketones is 2. The smallest absolute Gasteiger partial charge is 0.197 e. The SMILES string of the molecule is COc1ccc(CCC(=O)[C@@H](C#N)C(=O)c2ccc(C)s2)cc1. The van der Waals surface area contributed by atoms with Gasteiger partial charge in [-0.2, -0.15) is 5.26 Å². The van der Waals surface area contributed by atoms with Gasteiger partial charge in [-0.25, -0.2) is 0 Å². The van der Waals surface area contributed by atoms with Crippen LogP contribution in [0.3, 0.4) is 0 Å². The quantitative estimate of drug-likeness (QED) is 0.576. The maximum absolute atomic E-state index is 12.3. The molecule has 0 aliphatic heterocycles. The lowest BCUT2D eigenvalue weighted by atomic mass is 9.94. The summed E-state index contributed by atoms with van der Waals surface area (Å²) in [6.45, 7) is 1.88. The lowest BCUT2D eigenvalue weighted by molar-refractivity contribution is -0.120. The summed E-state index contributed by atoms with van der Waals surface area (Å²) >= 11 is 1.31. The highest BCUT2D eigenvalue weighted by Gasteiger charge is 2.27. The molecule has 0 aliphatic carbocycles. The summed E-state index contributed by atoms with van der Waals surface area (Å²) in [4.78, 5) is 26.0. The number of ether oxygens (including phenoxy) is 1. The summed E-state index contributed by atoms with van der Waals surface area (Å²) < 4.78 is 5.08. The van der Waals surface area contributed by atoms with Crippen LogP contribution in [0.2, 0.25) is 0 Å². The summed E-state index contributed by atoms with van der Waals surface area (Å²) in [6, 6.07) is 12.7.